The number of aromatic nitrogens is 2. The van der Waals surface area contributed by atoms with Gasteiger partial charge in [-0.1, -0.05) is 0 Å². The molecule has 10 nitrogen and oxygen atoms in total. The highest BCUT2D eigenvalue weighted by atomic mass is 32.2. The van der Waals surface area contributed by atoms with Crippen molar-refractivity contribution in [3.63, 3.8) is 0 Å². The van der Waals surface area contributed by atoms with Gasteiger partial charge < -0.3 is 10.2 Å². The lowest BCUT2D eigenvalue weighted by Crippen LogP contribution is -2.48. The quantitative estimate of drug-likeness (QED) is 0.678. The molecular formula is C19H19F3N6O4S. The maximum absolute atomic E-state index is 13.1. The fraction of sp³-hybridized carbons (Fsp3) is 0.368. The average Bonchev–Trinajstić information content (AvgIpc) is 3.15. The summed E-state index contributed by atoms with van der Waals surface area (Å²) in [6.07, 6.45) is -1.79. The number of hydrogen-bond acceptors (Lipinski definition) is 7. The molecule has 4 heterocycles. The number of amides is 3. The summed E-state index contributed by atoms with van der Waals surface area (Å²) >= 11 is 0. The molecule has 1 fully saturated rings. The Hall–Kier alpha value is -3.42. The fourth-order valence-corrected chi connectivity index (χ4v) is 4.27. The van der Waals surface area contributed by atoms with Gasteiger partial charge in [-0.2, -0.15) is 13.2 Å². The van der Waals surface area contributed by atoms with Gasteiger partial charge in [-0.3, -0.25) is 15.0 Å². The molecule has 0 saturated carbocycles. The third kappa shape index (κ3) is 4.84. The highest BCUT2D eigenvalue weighted by Gasteiger charge is 2.40. The van der Waals surface area contributed by atoms with Crippen LogP contribution in [0.2, 0.25) is 0 Å². The molecule has 0 aliphatic carbocycles. The number of alkyl halides is 3. The van der Waals surface area contributed by atoms with Gasteiger partial charge in [0.15, 0.2) is 15.7 Å². The molecule has 4 rings (SSSR count). The van der Waals surface area contributed by atoms with Gasteiger partial charge >= 0.3 is 12.2 Å². The van der Waals surface area contributed by atoms with E-state index in [-0.39, 0.29) is 28.3 Å². The van der Waals surface area contributed by atoms with Crippen molar-refractivity contribution >= 4 is 39.1 Å². The van der Waals surface area contributed by atoms with E-state index >= 15 is 0 Å². The van der Waals surface area contributed by atoms with E-state index in [4.69, 9.17) is 0 Å². The van der Waals surface area contributed by atoms with Gasteiger partial charge in [0.1, 0.15) is 18.1 Å². The lowest BCUT2D eigenvalue weighted by Gasteiger charge is -2.35. The molecule has 2 N–H and O–H groups in total. The van der Waals surface area contributed by atoms with E-state index in [2.05, 4.69) is 15.3 Å². The Bertz CT molecular complexity index is 1200. The molecule has 0 unspecified atom stereocenters. The Balaban J connectivity index is 1.59. The number of sulfone groups is 1. The van der Waals surface area contributed by atoms with Crippen LogP contribution in [0.1, 0.15) is 16.9 Å². The second kappa shape index (κ2) is 8.17. The van der Waals surface area contributed by atoms with Crippen molar-refractivity contribution in [2.75, 3.05) is 41.0 Å². The van der Waals surface area contributed by atoms with Crippen molar-refractivity contribution in [3.8, 4) is 0 Å². The number of anilines is 3. The van der Waals surface area contributed by atoms with E-state index in [1.54, 1.807) is 11.4 Å². The number of nitrogens with one attached hydrogen (secondary N) is 2. The van der Waals surface area contributed by atoms with Gasteiger partial charge in [-0.25, -0.2) is 23.2 Å². The predicted octanol–water partition coefficient (Wildman–Crippen LogP) is 1.80. The number of halogens is 3. The highest BCUT2D eigenvalue weighted by molar-refractivity contribution is 7.90. The SMILES string of the molecule is CS(=O)(=O)c1ccc(NC(=O)N2c3nc(C(=O)NCC(F)(F)F)ccc3N3CC[C@H]2C3)nc1. The van der Waals surface area contributed by atoms with Gasteiger partial charge in [0.2, 0.25) is 0 Å². The van der Waals surface area contributed by atoms with Gasteiger partial charge in [0, 0.05) is 25.5 Å². The number of carbonyl (C=O) groups is 2. The summed E-state index contributed by atoms with van der Waals surface area (Å²) in [6, 6.07) is 4.63. The fourth-order valence-electron chi connectivity index (χ4n) is 3.71. The second-order valence-electron chi connectivity index (χ2n) is 7.68. The zero-order valence-electron chi connectivity index (χ0n) is 17.3. The summed E-state index contributed by atoms with van der Waals surface area (Å²) in [5, 5.41) is 4.35. The van der Waals surface area contributed by atoms with E-state index in [0.717, 1.165) is 12.5 Å². The molecule has 33 heavy (non-hydrogen) atoms. The maximum Gasteiger partial charge on any atom is 0.405 e. The van der Waals surface area contributed by atoms with Crippen LogP contribution in [0, 0.1) is 0 Å². The lowest BCUT2D eigenvalue weighted by molar-refractivity contribution is -0.123. The first kappa shape index (κ1) is 22.8. The number of nitrogens with zero attached hydrogens (tertiary/aromatic N) is 4. The van der Waals surface area contributed by atoms with Crippen molar-refractivity contribution < 1.29 is 31.2 Å². The third-order valence-corrected chi connectivity index (χ3v) is 6.35. The Morgan fingerprint density at radius 2 is 1.97 bits per heavy atom. The number of rotatable bonds is 4. The lowest BCUT2D eigenvalue weighted by atomic mass is 10.1. The molecule has 3 amide bonds. The smallest absolute Gasteiger partial charge is 0.366 e. The number of urea groups is 1. The standard InChI is InChI=1S/C19H19F3N6O4S/c1-33(31,32)12-2-5-15(23-8-12)26-18(30)28-11-6-7-27(9-11)14-4-3-13(25-16(14)28)17(29)24-10-19(20,21)22/h2-5,8,11H,6-7,9-10H2,1H3,(H,24,29)(H,23,26,30)/t11-/m0/s1. The van der Waals surface area contributed by atoms with Crippen LogP contribution in [0.15, 0.2) is 35.4 Å². The Morgan fingerprint density at radius 1 is 1.21 bits per heavy atom. The molecule has 0 aromatic carbocycles. The van der Waals surface area contributed by atoms with Crippen LogP contribution in [0.3, 0.4) is 0 Å². The van der Waals surface area contributed by atoms with Gasteiger partial charge in [-0.15, -0.1) is 0 Å². The Kier molecular flexibility index (Phi) is 5.64. The van der Waals surface area contributed by atoms with Crippen LogP contribution in [0.5, 0.6) is 0 Å². The van der Waals surface area contributed by atoms with Crippen molar-refractivity contribution in [2.24, 2.45) is 0 Å². The molecule has 0 spiro atoms. The molecule has 1 atom stereocenters. The molecule has 14 heteroatoms. The molecule has 0 radical (unpaired) electrons. The van der Waals surface area contributed by atoms with E-state index in [1.165, 1.54) is 23.1 Å². The number of hydrogen-bond donors (Lipinski definition) is 2. The molecule has 2 aromatic heterocycles. The van der Waals surface area contributed by atoms with Crippen LogP contribution < -0.4 is 20.4 Å². The molecular weight excluding hydrogens is 465 g/mol. The highest BCUT2D eigenvalue weighted by Crippen LogP contribution is 2.39. The van der Waals surface area contributed by atoms with Crippen molar-refractivity contribution in [2.45, 2.75) is 23.5 Å². The first-order chi connectivity index (χ1) is 15.4. The van der Waals surface area contributed by atoms with Crippen LogP contribution in [0.4, 0.5) is 35.3 Å². The van der Waals surface area contributed by atoms with Crippen LogP contribution in [-0.4, -0.2) is 68.4 Å². The Morgan fingerprint density at radius 3 is 2.61 bits per heavy atom. The van der Waals surface area contributed by atoms with E-state index in [0.29, 0.717) is 25.2 Å². The predicted molar refractivity (Wildman–Crippen MR) is 112 cm³/mol. The summed E-state index contributed by atoms with van der Waals surface area (Å²) < 4.78 is 60.5. The molecule has 2 aliphatic heterocycles. The average molecular weight is 484 g/mol. The monoisotopic (exact) mass is 484 g/mol. The molecule has 2 bridgehead atoms. The van der Waals surface area contributed by atoms with E-state index in [9.17, 15) is 31.2 Å². The van der Waals surface area contributed by atoms with Gasteiger partial charge in [0.05, 0.1) is 16.6 Å². The zero-order chi connectivity index (χ0) is 24.0. The number of pyridine rings is 2. The summed E-state index contributed by atoms with van der Waals surface area (Å²) in [5.74, 6) is -0.761. The van der Waals surface area contributed by atoms with E-state index in [1.807, 2.05) is 4.90 Å². The number of carbonyl (C=O) groups excluding carboxylic acids is 2. The maximum atomic E-state index is 13.1. The van der Waals surface area contributed by atoms with Gasteiger partial charge in [0.25, 0.3) is 5.91 Å². The minimum absolute atomic E-state index is 0.00794. The van der Waals surface area contributed by atoms with Gasteiger partial charge in [-0.05, 0) is 30.7 Å². The topological polar surface area (TPSA) is 125 Å². The van der Waals surface area contributed by atoms with Crippen molar-refractivity contribution in [1.82, 2.24) is 15.3 Å². The van der Waals surface area contributed by atoms with E-state index < -0.39 is 34.5 Å². The minimum atomic E-state index is -4.57. The van der Waals surface area contributed by atoms with Crippen molar-refractivity contribution in [1.29, 1.82) is 0 Å². The molecule has 176 valence electrons. The van der Waals surface area contributed by atoms with Crippen molar-refractivity contribution in [3.05, 3.63) is 36.2 Å². The Labute approximate surface area is 186 Å². The third-order valence-electron chi connectivity index (χ3n) is 5.25. The molecule has 2 aromatic rings. The van der Waals surface area contributed by atoms with Crippen LogP contribution >= 0.6 is 0 Å². The minimum Gasteiger partial charge on any atom is -0.366 e. The largest absolute Gasteiger partial charge is 0.405 e. The summed E-state index contributed by atoms with van der Waals surface area (Å²) in [7, 11) is -3.45. The first-order valence-electron chi connectivity index (χ1n) is 9.80. The normalized spacial score (nSPS) is 17.5. The summed E-state index contributed by atoms with van der Waals surface area (Å²) in [5.41, 5.74) is 0.320. The zero-order valence-corrected chi connectivity index (χ0v) is 18.1. The van der Waals surface area contributed by atoms with Crippen LogP contribution in [0.25, 0.3) is 0 Å². The molecule has 1 saturated heterocycles. The molecule has 2 aliphatic rings. The number of fused-ring (bicyclic) bond motifs is 4. The first-order valence-corrected chi connectivity index (χ1v) is 11.7. The summed E-state index contributed by atoms with van der Waals surface area (Å²) in [6.45, 7) is -0.328. The second-order valence-corrected chi connectivity index (χ2v) is 9.69. The van der Waals surface area contributed by atoms with Crippen LogP contribution in [-0.2, 0) is 9.84 Å². The summed E-state index contributed by atoms with van der Waals surface area (Å²) in [4.78, 5) is 36.7.